The molecule has 0 aliphatic rings. The summed E-state index contributed by atoms with van der Waals surface area (Å²) in [6.07, 6.45) is -9.19. The van der Waals surface area contributed by atoms with Gasteiger partial charge in [-0.15, -0.1) is 0 Å². The quantitative estimate of drug-likeness (QED) is 0.708. The number of rotatable bonds is 5. The molecule has 2 aromatic rings. The van der Waals surface area contributed by atoms with Crippen LogP contribution in [0.3, 0.4) is 0 Å². The van der Waals surface area contributed by atoms with Gasteiger partial charge in [-0.3, -0.25) is 4.79 Å². The van der Waals surface area contributed by atoms with Gasteiger partial charge in [-0.1, -0.05) is 12.1 Å². The van der Waals surface area contributed by atoms with Gasteiger partial charge in [-0.2, -0.15) is 26.3 Å². The Morgan fingerprint density at radius 2 is 1.46 bits per heavy atom. The molecule has 1 amide bonds. The first-order valence-corrected chi connectivity index (χ1v) is 7.44. The summed E-state index contributed by atoms with van der Waals surface area (Å²) in [5.74, 6) is -0.652. The van der Waals surface area contributed by atoms with Gasteiger partial charge in [0.1, 0.15) is 0 Å². The zero-order valence-electron chi connectivity index (χ0n) is 13.2. The number of carbonyl (C=O) groups is 1. The first-order valence-electron chi connectivity index (χ1n) is 7.44. The number of hydrogen-bond acceptors (Lipinski definition) is 2. The highest BCUT2D eigenvalue weighted by Gasteiger charge is 2.33. The molecule has 0 aliphatic heterocycles. The molecule has 3 nitrogen and oxygen atoms in total. The molecule has 140 valence electrons. The van der Waals surface area contributed by atoms with Crippen molar-refractivity contribution in [1.29, 1.82) is 0 Å². The van der Waals surface area contributed by atoms with E-state index in [2.05, 4.69) is 10.6 Å². The second-order valence-corrected chi connectivity index (χ2v) is 5.34. The fourth-order valence-electron chi connectivity index (χ4n) is 2.15. The summed E-state index contributed by atoms with van der Waals surface area (Å²) < 4.78 is 75.9. The van der Waals surface area contributed by atoms with Gasteiger partial charge in [0.05, 0.1) is 16.8 Å². The molecule has 2 rings (SSSR count). The van der Waals surface area contributed by atoms with E-state index >= 15 is 0 Å². The van der Waals surface area contributed by atoms with E-state index in [0.29, 0.717) is 5.69 Å². The molecule has 0 aromatic heterocycles. The summed E-state index contributed by atoms with van der Waals surface area (Å²) in [5, 5.41) is 4.92. The van der Waals surface area contributed by atoms with Crippen LogP contribution in [0.2, 0.25) is 0 Å². The average molecular weight is 376 g/mol. The van der Waals surface area contributed by atoms with Crippen LogP contribution in [0.1, 0.15) is 17.5 Å². The third-order valence-corrected chi connectivity index (χ3v) is 3.40. The number of alkyl halides is 6. The van der Waals surface area contributed by atoms with Gasteiger partial charge < -0.3 is 10.6 Å². The molecule has 26 heavy (non-hydrogen) atoms. The van der Waals surface area contributed by atoms with Crippen molar-refractivity contribution in [2.24, 2.45) is 0 Å². The normalized spacial score (nSPS) is 11.9. The molecule has 0 spiro atoms. The Balaban J connectivity index is 1.88. The van der Waals surface area contributed by atoms with E-state index < -0.39 is 29.4 Å². The van der Waals surface area contributed by atoms with Crippen molar-refractivity contribution in [2.75, 3.05) is 17.2 Å². The lowest BCUT2D eigenvalue weighted by Crippen LogP contribution is -2.19. The van der Waals surface area contributed by atoms with Crippen LogP contribution in [0.15, 0.2) is 48.5 Å². The predicted octanol–water partition coefficient (Wildman–Crippen LogP) is 5.16. The van der Waals surface area contributed by atoms with Crippen molar-refractivity contribution in [3.63, 3.8) is 0 Å². The molecule has 0 atom stereocenters. The highest BCUT2D eigenvalue weighted by molar-refractivity contribution is 5.91. The van der Waals surface area contributed by atoms with Crippen molar-refractivity contribution in [3.8, 4) is 0 Å². The lowest BCUT2D eigenvalue weighted by molar-refractivity contribution is -0.138. The second kappa shape index (κ2) is 7.67. The van der Waals surface area contributed by atoms with Crippen LogP contribution in [-0.4, -0.2) is 12.5 Å². The Kier molecular flexibility index (Phi) is 5.79. The third kappa shape index (κ3) is 5.40. The Morgan fingerprint density at radius 3 is 2.04 bits per heavy atom. The zero-order chi connectivity index (χ0) is 19.4. The van der Waals surface area contributed by atoms with Gasteiger partial charge in [0.25, 0.3) is 0 Å². The smallest absolute Gasteiger partial charge is 0.385 e. The first-order chi connectivity index (χ1) is 12.1. The maximum Gasteiger partial charge on any atom is 0.418 e. The number of amides is 1. The standard InChI is InChI=1S/C17H14F6N2O/c18-16(19,20)11-5-7-12(8-6-11)24-10-9-15(26)25-14-4-2-1-3-13(14)17(21,22)23/h1-8,24H,9-10H2,(H,25,26). The minimum atomic E-state index is -4.59. The number of hydrogen-bond donors (Lipinski definition) is 2. The van der Waals surface area contributed by atoms with Crippen LogP contribution in [0.5, 0.6) is 0 Å². The van der Waals surface area contributed by atoms with E-state index in [1.807, 2.05) is 0 Å². The van der Waals surface area contributed by atoms with Crippen LogP contribution in [0, 0.1) is 0 Å². The van der Waals surface area contributed by atoms with Crippen LogP contribution in [0.4, 0.5) is 37.7 Å². The van der Waals surface area contributed by atoms with Crippen LogP contribution < -0.4 is 10.6 Å². The molecule has 2 N–H and O–H groups in total. The van der Waals surface area contributed by atoms with E-state index in [1.165, 1.54) is 24.3 Å². The van der Waals surface area contributed by atoms with Crippen molar-refractivity contribution in [2.45, 2.75) is 18.8 Å². The largest absolute Gasteiger partial charge is 0.418 e. The number of carbonyl (C=O) groups excluding carboxylic acids is 1. The zero-order valence-corrected chi connectivity index (χ0v) is 13.2. The van der Waals surface area contributed by atoms with Crippen LogP contribution in [-0.2, 0) is 17.1 Å². The van der Waals surface area contributed by atoms with Crippen molar-refractivity contribution < 1.29 is 31.1 Å². The number of anilines is 2. The van der Waals surface area contributed by atoms with Gasteiger partial charge in [-0.05, 0) is 36.4 Å². The molecule has 0 bridgehead atoms. The highest BCUT2D eigenvalue weighted by atomic mass is 19.4. The number of para-hydroxylation sites is 1. The Labute approximate surface area is 145 Å². The van der Waals surface area contributed by atoms with Crippen molar-refractivity contribution >= 4 is 17.3 Å². The maximum absolute atomic E-state index is 12.8. The van der Waals surface area contributed by atoms with Crippen molar-refractivity contribution in [3.05, 3.63) is 59.7 Å². The molecule has 0 fully saturated rings. The molecule has 0 saturated heterocycles. The number of halogens is 6. The minimum Gasteiger partial charge on any atom is -0.385 e. The molecule has 0 unspecified atom stereocenters. The molecule has 0 aliphatic carbocycles. The molecule has 2 aromatic carbocycles. The minimum absolute atomic E-state index is 0.0470. The molecule has 9 heteroatoms. The molecule has 0 heterocycles. The fourth-order valence-corrected chi connectivity index (χ4v) is 2.15. The number of nitrogens with one attached hydrogen (secondary N) is 2. The lowest BCUT2D eigenvalue weighted by Gasteiger charge is -2.14. The summed E-state index contributed by atoms with van der Waals surface area (Å²) in [7, 11) is 0. The van der Waals surface area contributed by atoms with E-state index in [1.54, 1.807) is 0 Å². The summed E-state index contributed by atoms with van der Waals surface area (Å²) in [5.41, 5.74) is -1.74. The lowest BCUT2D eigenvalue weighted by atomic mass is 10.1. The van der Waals surface area contributed by atoms with E-state index in [9.17, 15) is 31.1 Å². The Bertz CT molecular complexity index is 753. The van der Waals surface area contributed by atoms with Gasteiger partial charge in [-0.25, -0.2) is 0 Å². The van der Waals surface area contributed by atoms with Crippen LogP contribution in [0.25, 0.3) is 0 Å². The Hall–Kier alpha value is -2.71. The van der Waals surface area contributed by atoms with Gasteiger partial charge in [0.15, 0.2) is 0 Å². The van der Waals surface area contributed by atoms with Crippen LogP contribution >= 0.6 is 0 Å². The third-order valence-electron chi connectivity index (χ3n) is 3.40. The topological polar surface area (TPSA) is 41.1 Å². The Morgan fingerprint density at radius 1 is 0.846 bits per heavy atom. The molecular weight excluding hydrogens is 362 g/mol. The van der Waals surface area contributed by atoms with Crippen molar-refractivity contribution in [1.82, 2.24) is 0 Å². The molecule has 0 saturated carbocycles. The molecule has 0 radical (unpaired) electrons. The highest BCUT2D eigenvalue weighted by Crippen LogP contribution is 2.34. The summed E-state index contributed by atoms with van der Waals surface area (Å²) >= 11 is 0. The van der Waals surface area contributed by atoms with E-state index in [4.69, 9.17) is 0 Å². The van der Waals surface area contributed by atoms with E-state index in [0.717, 1.165) is 24.3 Å². The summed E-state index contributed by atoms with van der Waals surface area (Å²) in [4.78, 5) is 11.8. The monoisotopic (exact) mass is 376 g/mol. The summed E-state index contributed by atoms with van der Waals surface area (Å²) in [6.45, 7) is 0.0470. The van der Waals surface area contributed by atoms with E-state index in [-0.39, 0.29) is 18.7 Å². The SMILES string of the molecule is O=C(CCNc1ccc(C(F)(F)F)cc1)Nc1ccccc1C(F)(F)F. The molecular formula is C17H14F6N2O. The maximum atomic E-state index is 12.8. The fraction of sp³-hybridized carbons (Fsp3) is 0.235. The van der Waals surface area contributed by atoms with Gasteiger partial charge >= 0.3 is 12.4 Å². The predicted molar refractivity (Wildman–Crippen MR) is 84.6 cm³/mol. The first kappa shape index (κ1) is 19.6. The second-order valence-electron chi connectivity index (χ2n) is 5.34. The number of benzene rings is 2. The average Bonchev–Trinajstić information content (AvgIpc) is 2.54. The van der Waals surface area contributed by atoms with Gasteiger partial charge in [0.2, 0.25) is 5.91 Å². The summed E-state index contributed by atoms with van der Waals surface area (Å²) in [6, 6.07) is 8.78. The van der Waals surface area contributed by atoms with Gasteiger partial charge in [0, 0.05) is 18.7 Å².